The van der Waals surface area contributed by atoms with Gasteiger partial charge < -0.3 is 10.1 Å². The van der Waals surface area contributed by atoms with Crippen molar-refractivity contribution in [2.45, 2.75) is 6.92 Å². The highest BCUT2D eigenvalue weighted by molar-refractivity contribution is 7.17. The largest absolute Gasteiger partial charge is 0.451 e. The molecule has 0 aliphatic heterocycles. The third kappa shape index (κ3) is 4.51. The molecular weight excluding hydrogens is 344 g/mol. The zero-order valence-corrected chi connectivity index (χ0v) is 13.4. The van der Waals surface area contributed by atoms with Gasteiger partial charge in [-0.15, -0.1) is 11.3 Å². The van der Waals surface area contributed by atoms with Gasteiger partial charge in [-0.05, 0) is 24.6 Å². The van der Waals surface area contributed by atoms with Crippen molar-refractivity contribution in [1.29, 1.82) is 0 Å². The topological polar surface area (TPSA) is 98.5 Å². The lowest BCUT2D eigenvalue weighted by Gasteiger charge is -2.08. The normalized spacial score (nSPS) is 10.2. The second-order valence-electron chi connectivity index (χ2n) is 4.48. The van der Waals surface area contributed by atoms with Crippen LogP contribution >= 0.6 is 22.9 Å². The van der Waals surface area contributed by atoms with E-state index in [-0.39, 0.29) is 10.6 Å². The maximum atomic E-state index is 11.8. The van der Waals surface area contributed by atoms with Gasteiger partial charge in [0, 0.05) is 12.1 Å². The number of nitrogens with one attached hydrogen (secondary N) is 1. The summed E-state index contributed by atoms with van der Waals surface area (Å²) < 4.78 is 5.30. The van der Waals surface area contributed by atoms with Gasteiger partial charge in [0.2, 0.25) is 0 Å². The number of non-ortho nitro benzene ring substituents is 1. The second kappa shape index (κ2) is 7.21. The molecule has 0 unspecified atom stereocenters. The molecule has 7 nitrogen and oxygen atoms in total. The predicted molar refractivity (Wildman–Crippen MR) is 86.1 cm³/mol. The first-order chi connectivity index (χ1) is 10.9. The number of rotatable bonds is 5. The van der Waals surface area contributed by atoms with E-state index < -0.39 is 23.4 Å². The lowest BCUT2D eigenvalue weighted by molar-refractivity contribution is -0.384. The fourth-order valence-corrected chi connectivity index (χ4v) is 2.61. The number of hydrogen-bond donors (Lipinski definition) is 1. The van der Waals surface area contributed by atoms with Crippen LogP contribution in [0.15, 0.2) is 30.3 Å². The Morgan fingerprint density at radius 1 is 1.35 bits per heavy atom. The molecule has 2 aromatic rings. The van der Waals surface area contributed by atoms with Crippen LogP contribution in [-0.4, -0.2) is 23.4 Å². The molecule has 0 aliphatic rings. The molecular formula is C14H11ClN2O5S. The van der Waals surface area contributed by atoms with Crippen LogP contribution < -0.4 is 5.32 Å². The van der Waals surface area contributed by atoms with Crippen molar-refractivity contribution in [1.82, 2.24) is 0 Å². The summed E-state index contributed by atoms with van der Waals surface area (Å²) in [5.41, 5.74) is 0.802. The summed E-state index contributed by atoms with van der Waals surface area (Å²) in [6, 6.07) is 7.15. The number of halogens is 1. The van der Waals surface area contributed by atoms with Gasteiger partial charge in [0.15, 0.2) is 6.61 Å². The number of nitro groups is 1. The number of anilines is 1. The molecule has 120 valence electrons. The van der Waals surface area contributed by atoms with Crippen molar-refractivity contribution in [3.05, 3.63) is 55.2 Å². The van der Waals surface area contributed by atoms with Crippen molar-refractivity contribution in [2.24, 2.45) is 0 Å². The summed E-state index contributed by atoms with van der Waals surface area (Å²) in [4.78, 5) is 34.0. The van der Waals surface area contributed by atoms with Gasteiger partial charge in [-0.25, -0.2) is 4.79 Å². The van der Waals surface area contributed by atoms with E-state index in [1.165, 1.54) is 24.3 Å². The number of ether oxygens (including phenoxy) is 1. The first kappa shape index (κ1) is 16.9. The van der Waals surface area contributed by atoms with Gasteiger partial charge in [-0.1, -0.05) is 17.7 Å². The summed E-state index contributed by atoms with van der Waals surface area (Å²) in [6.07, 6.45) is 0. The number of amides is 1. The smallest absolute Gasteiger partial charge is 0.348 e. The maximum absolute atomic E-state index is 11.8. The zero-order valence-electron chi connectivity index (χ0n) is 11.9. The van der Waals surface area contributed by atoms with Crippen LogP contribution in [0.2, 0.25) is 4.34 Å². The Balaban J connectivity index is 1.96. The predicted octanol–water partition coefficient (Wildman–Crippen LogP) is 3.41. The Labute approximate surface area is 140 Å². The molecule has 0 radical (unpaired) electrons. The molecule has 0 bridgehead atoms. The van der Waals surface area contributed by atoms with Crippen LogP contribution in [0.1, 0.15) is 15.2 Å². The summed E-state index contributed by atoms with van der Waals surface area (Å²) >= 11 is 6.75. The lowest BCUT2D eigenvalue weighted by Crippen LogP contribution is -2.21. The average Bonchev–Trinajstić information content (AvgIpc) is 2.93. The van der Waals surface area contributed by atoms with Crippen LogP contribution in [0.25, 0.3) is 0 Å². The number of esters is 1. The van der Waals surface area contributed by atoms with Gasteiger partial charge in [0.05, 0.1) is 14.9 Å². The monoisotopic (exact) mass is 354 g/mol. The molecule has 1 aromatic heterocycles. The Morgan fingerprint density at radius 2 is 2.09 bits per heavy atom. The summed E-state index contributed by atoms with van der Waals surface area (Å²) in [6.45, 7) is 1.19. The van der Waals surface area contributed by atoms with E-state index in [4.69, 9.17) is 16.3 Å². The minimum atomic E-state index is -0.659. The molecule has 9 heteroatoms. The Morgan fingerprint density at radius 3 is 2.70 bits per heavy atom. The minimum absolute atomic E-state index is 0.142. The Kier molecular flexibility index (Phi) is 5.30. The molecule has 2 rings (SSSR count). The fourth-order valence-electron chi connectivity index (χ4n) is 1.67. The van der Waals surface area contributed by atoms with E-state index in [1.807, 2.05) is 0 Å². The van der Waals surface area contributed by atoms with Gasteiger partial charge in [-0.2, -0.15) is 0 Å². The van der Waals surface area contributed by atoms with E-state index >= 15 is 0 Å². The van der Waals surface area contributed by atoms with Crippen LogP contribution in [-0.2, 0) is 9.53 Å². The summed E-state index contributed by atoms with van der Waals surface area (Å²) in [5.74, 6) is -1.25. The number of nitrogens with zero attached hydrogens (tertiary/aromatic N) is 1. The molecule has 0 saturated carbocycles. The summed E-state index contributed by atoms with van der Waals surface area (Å²) in [5, 5.41) is 13.2. The van der Waals surface area contributed by atoms with Gasteiger partial charge >= 0.3 is 5.97 Å². The lowest BCUT2D eigenvalue weighted by atomic mass is 10.2. The number of thiophene rings is 1. The quantitative estimate of drug-likeness (QED) is 0.504. The van der Waals surface area contributed by atoms with E-state index in [2.05, 4.69) is 5.32 Å². The number of nitro benzene ring substituents is 1. The van der Waals surface area contributed by atoms with Gasteiger partial charge in [0.25, 0.3) is 11.6 Å². The SMILES string of the molecule is Cc1ccc([N+](=O)[O-])cc1NC(=O)COC(=O)c1ccc(Cl)s1. The third-order valence-electron chi connectivity index (χ3n) is 2.81. The molecule has 0 spiro atoms. The molecule has 1 amide bonds. The van der Waals surface area contributed by atoms with Crippen molar-refractivity contribution in [3.63, 3.8) is 0 Å². The highest BCUT2D eigenvalue weighted by atomic mass is 35.5. The molecule has 23 heavy (non-hydrogen) atoms. The van der Waals surface area contributed by atoms with Gasteiger partial charge in [0.1, 0.15) is 4.88 Å². The third-order valence-corrected chi connectivity index (χ3v) is 4.03. The minimum Gasteiger partial charge on any atom is -0.451 e. The van der Waals surface area contributed by atoms with E-state index in [0.29, 0.717) is 15.6 Å². The van der Waals surface area contributed by atoms with Crippen LogP contribution in [0.4, 0.5) is 11.4 Å². The molecule has 0 saturated heterocycles. The molecule has 0 fully saturated rings. The number of carbonyl (C=O) groups is 2. The second-order valence-corrected chi connectivity index (χ2v) is 6.20. The molecule has 0 atom stereocenters. The Hall–Kier alpha value is -2.45. The number of benzene rings is 1. The van der Waals surface area contributed by atoms with Crippen molar-refractivity contribution in [3.8, 4) is 0 Å². The molecule has 1 aromatic carbocycles. The number of carbonyl (C=O) groups excluding carboxylic acids is 2. The first-order valence-electron chi connectivity index (χ1n) is 6.34. The van der Waals surface area contributed by atoms with Crippen molar-refractivity contribution in [2.75, 3.05) is 11.9 Å². The van der Waals surface area contributed by atoms with E-state index in [1.54, 1.807) is 13.0 Å². The molecule has 0 aliphatic carbocycles. The fraction of sp³-hybridized carbons (Fsp3) is 0.143. The highest BCUT2D eigenvalue weighted by Gasteiger charge is 2.14. The first-order valence-corrected chi connectivity index (χ1v) is 7.53. The standard InChI is InChI=1S/C14H11ClN2O5S/c1-8-2-3-9(17(20)21)6-10(8)16-13(18)7-22-14(19)11-4-5-12(15)23-11/h2-6H,7H2,1H3,(H,16,18). The van der Waals surface area contributed by atoms with Crippen molar-refractivity contribution < 1.29 is 19.2 Å². The van der Waals surface area contributed by atoms with Crippen LogP contribution in [0.3, 0.4) is 0 Å². The molecule has 1 N–H and O–H groups in total. The summed E-state index contributed by atoms with van der Waals surface area (Å²) in [7, 11) is 0. The number of hydrogen-bond acceptors (Lipinski definition) is 6. The maximum Gasteiger partial charge on any atom is 0.348 e. The van der Waals surface area contributed by atoms with E-state index in [0.717, 1.165) is 11.3 Å². The Bertz CT molecular complexity index is 774. The average molecular weight is 355 g/mol. The van der Waals surface area contributed by atoms with E-state index in [9.17, 15) is 19.7 Å². The van der Waals surface area contributed by atoms with Crippen LogP contribution in [0.5, 0.6) is 0 Å². The zero-order chi connectivity index (χ0) is 17.0. The highest BCUT2D eigenvalue weighted by Crippen LogP contribution is 2.23. The van der Waals surface area contributed by atoms with Crippen molar-refractivity contribution >= 4 is 46.2 Å². The number of aryl methyl sites for hydroxylation is 1. The van der Waals surface area contributed by atoms with Gasteiger partial charge in [-0.3, -0.25) is 14.9 Å². The van der Waals surface area contributed by atoms with Crippen LogP contribution in [0, 0.1) is 17.0 Å². The molecule has 1 heterocycles.